The zero-order valence-corrected chi connectivity index (χ0v) is 17.1. The van der Waals surface area contributed by atoms with E-state index < -0.39 is 17.4 Å². The van der Waals surface area contributed by atoms with Gasteiger partial charge < -0.3 is 10.5 Å². The van der Waals surface area contributed by atoms with Crippen molar-refractivity contribution in [1.29, 1.82) is 0 Å². The van der Waals surface area contributed by atoms with E-state index in [1.165, 1.54) is 12.3 Å². The van der Waals surface area contributed by atoms with Crippen LogP contribution in [0.1, 0.15) is 22.3 Å². The van der Waals surface area contributed by atoms with Gasteiger partial charge in [-0.1, -0.05) is 41.9 Å². The van der Waals surface area contributed by atoms with Crippen molar-refractivity contribution in [3.8, 4) is 22.6 Å². The molecule has 2 aliphatic heterocycles. The highest BCUT2D eigenvalue weighted by Gasteiger charge is 2.50. The van der Waals surface area contributed by atoms with Gasteiger partial charge in [0, 0.05) is 28.5 Å². The van der Waals surface area contributed by atoms with Gasteiger partial charge in [-0.15, -0.1) is 0 Å². The summed E-state index contributed by atoms with van der Waals surface area (Å²) in [6.45, 7) is 0. The van der Waals surface area contributed by atoms with Crippen LogP contribution in [0.5, 0.6) is 11.5 Å². The lowest BCUT2D eigenvalue weighted by Gasteiger charge is -2.36. The van der Waals surface area contributed by atoms with E-state index in [0.29, 0.717) is 33.8 Å². The molecule has 32 heavy (non-hydrogen) atoms. The quantitative estimate of drug-likeness (QED) is 0.408. The molecule has 0 bridgehead atoms. The van der Waals surface area contributed by atoms with Crippen LogP contribution in [0.15, 0.2) is 71.9 Å². The molecule has 0 amide bonds. The first kappa shape index (κ1) is 18.9. The third kappa shape index (κ3) is 2.45. The third-order valence-electron chi connectivity index (χ3n) is 5.82. The highest BCUT2D eigenvalue weighted by atomic mass is 35.5. The average Bonchev–Trinajstić information content (AvgIpc) is 3.08. The molecule has 1 unspecified atom stereocenters. The number of aromatic nitrogens is 2. The molecule has 0 saturated carbocycles. The zero-order valence-electron chi connectivity index (χ0n) is 16.3. The van der Waals surface area contributed by atoms with E-state index in [-0.39, 0.29) is 10.9 Å². The van der Waals surface area contributed by atoms with Crippen LogP contribution in [0, 0.1) is 11.9 Å². The van der Waals surface area contributed by atoms with Crippen molar-refractivity contribution in [1.82, 2.24) is 9.97 Å². The molecule has 156 valence electrons. The Labute approximate surface area is 186 Å². The van der Waals surface area contributed by atoms with Gasteiger partial charge >= 0.3 is 0 Å². The molecule has 0 saturated heterocycles. The molecule has 1 atom stereocenters. The van der Waals surface area contributed by atoms with Crippen molar-refractivity contribution in [2.24, 2.45) is 10.7 Å². The number of halogens is 3. The molecule has 2 N–H and O–H groups in total. The van der Waals surface area contributed by atoms with E-state index in [1.54, 1.807) is 30.3 Å². The Morgan fingerprint density at radius 1 is 0.875 bits per heavy atom. The Bertz CT molecular complexity index is 1470. The lowest BCUT2D eigenvalue weighted by Crippen LogP contribution is -2.30. The fourth-order valence-electron chi connectivity index (χ4n) is 4.50. The molecule has 0 aliphatic carbocycles. The van der Waals surface area contributed by atoms with Crippen LogP contribution in [-0.4, -0.2) is 15.8 Å². The Hall–Kier alpha value is -3.84. The van der Waals surface area contributed by atoms with Crippen LogP contribution in [0.25, 0.3) is 11.1 Å². The zero-order chi connectivity index (χ0) is 22.0. The summed E-state index contributed by atoms with van der Waals surface area (Å²) in [6.07, 6.45) is 1.38. The largest absolute Gasteiger partial charge is 0.452 e. The number of hydrogen-bond donors (Lipinski definition) is 1. The van der Waals surface area contributed by atoms with Crippen LogP contribution in [0.2, 0.25) is 5.15 Å². The van der Waals surface area contributed by atoms with E-state index in [2.05, 4.69) is 9.97 Å². The minimum atomic E-state index is -1.23. The Kier molecular flexibility index (Phi) is 3.88. The standard InChI is InChI=1S/C24H13ClF2N4O/c25-19-11-17-20(22(27)30-19)32-18-8-7-12(13-5-3-9-29-21(13)26)10-16(18)24(17)15-6-2-1-4-14(15)23(28)31-24/h1-11H,(H2,28,31). The van der Waals surface area contributed by atoms with Gasteiger partial charge in [0.25, 0.3) is 5.95 Å². The van der Waals surface area contributed by atoms with Gasteiger partial charge in [-0.25, -0.2) is 15.0 Å². The monoisotopic (exact) mass is 446 g/mol. The number of benzene rings is 2. The van der Waals surface area contributed by atoms with Crippen molar-refractivity contribution >= 4 is 17.4 Å². The van der Waals surface area contributed by atoms with Gasteiger partial charge in [-0.3, -0.25) is 0 Å². The number of nitrogens with two attached hydrogens (primary N) is 1. The molecule has 0 fully saturated rings. The summed E-state index contributed by atoms with van der Waals surface area (Å²) >= 11 is 6.14. The highest BCUT2D eigenvalue weighted by Crippen LogP contribution is 2.56. The first-order chi connectivity index (χ1) is 15.5. The van der Waals surface area contributed by atoms with Crippen LogP contribution < -0.4 is 10.5 Å². The van der Waals surface area contributed by atoms with Crippen molar-refractivity contribution in [2.45, 2.75) is 5.54 Å². The number of pyridine rings is 2. The van der Waals surface area contributed by atoms with Gasteiger partial charge in [0.15, 0.2) is 5.75 Å². The van der Waals surface area contributed by atoms with E-state index >= 15 is 0 Å². The molecular formula is C24H13ClF2N4O. The minimum absolute atomic E-state index is 0.0414. The summed E-state index contributed by atoms with van der Waals surface area (Å²) < 4.78 is 35.2. The molecule has 8 heteroatoms. The Morgan fingerprint density at radius 2 is 1.69 bits per heavy atom. The molecule has 2 aromatic carbocycles. The van der Waals surface area contributed by atoms with Gasteiger partial charge in [-0.05, 0) is 41.5 Å². The van der Waals surface area contributed by atoms with E-state index in [4.69, 9.17) is 27.1 Å². The summed E-state index contributed by atoms with van der Waals surface area (Å²) in [5.74, 6) is -0.868. The minimum Gasteiger partial charge on any atom is -0.452 e. The maximum Gasteiger partial charge on any atom is 0.257 e. The molecule has 5 nitrogen and oxygen atoms in total. The molecule has 0 radical (unpaired) electrons. The second-order valence-electron chi connectivity index (χ2n) is 7.52. The highest BCUT2D eigenvalue weighted by molar-refractivity contribution is 6.29. The SMILES string of the molecule is NC1=NC2(c3cc(-c4cccnc4F)ccc3Oc3c2cc(Cl)nc3F)c2ccccc21. The third-order valence-corrected chi connectivity index (χ3v) is 6.02. The fraction of sp³-hybridized carbons (Fsp3) is 0.0417. The topological polar surface area (TPSA) is 73.4 Å². The molecule has 4 heterocycles. The lowest BCUT2D eigenvalue weighted by molar-refractivity contribution is 0.385. The van der Waals surface area contributed by atoms with Crippen LogP contribution in [-0.2, 0) is 5.54 Å². The Balaban J connectivity index is 1.72. The summed E-state index contributed by atoms with van der Waals surface area (Å²) in [6, 6.07) is 17.4. The number of ether oxygens (including phenoxy) is 1. The maximum absolute atomic E-state index is 14.9. The summed E-state index contributed by atoms with van der Waals surface area (Å²) in [5, 5.41) is -0.0414. The molecule has 1 spiro atoms. The van der Waals surface area contributed by atoms with Crippen molar-refractivity contribution in [3.05, 3.63) is 106 Å². The van der Waals surface area contributed by atoms with E-state index in [0.717, 1.165) is 11.1 Å². The predicted molar refractivity (Wildman–Crippen MR) is 116 cm³/mol. The van der Waals surface area contributed by atoms with Crippen molar-refractivity contribution in [2.75, 3.05) is 0 Å². The fourth-order valence-corrected chi connectivity index (χ4v) is 4.68. The lowest BCUT2D eigenvalue weighted by atomic mass is 9.75. The van der Waals surface area contributed by atoms with Crippen LogP contribution in [0.3, 0.4) is 0 Å². The molecule has 4 aromatic rings. The average molecular weight is 447 g/mol. The second-order valence-corrected chi connectivity index (χ2v) is 7.91. The normalized spacial score (nSPS) is 17.9. The molecule has 2 aliphatic rings. The number of amidine groups is 1. The Morgan fingerprint density at radius 3 is 2.53 bits per heavy atom. The van der Waals surface area contributed by atoms with Gasteiger partial charge in [0.05, 0.1) is 0 Å². The number of rotatable bonds is 1. The number of aliphatic imine (C=N–C) groups is 1. The smallest absolute Gasteiger partial charge is 0.257 e. The van der Waals surface area contributed by atoms with Gasteiger partial charge in [0.2, 0.25) is 5.95 Å². The molecule has 6 rings (SSSR count). The molecule has 2 aromatic heterocycles. The van der Waals surface area contributed by atoms with Crippen LogP contribution >= 0.6 is 11.6 Å². The first-order valence-electron chi connectivity index (χ1n) is 9.74. The second kappa shape index (κ2) is 6.58. The number of nitrogens with zero attached hydrogens (tertiary/aromatic N) is 3. The van der Waals surface area contributed by atoms with E-state index in [9.17, 15) is 8.78 Å². The van der Waals surface area contributed by atoms with Gasteiger partial charge in [0.1, 0.15) is 22.3 Å². The van der Waals surface area contributed by atoms with Crippen LogP contribution in [0.4, 0.5) is 8.78 Å². The van der Waals surface area contributed by atoms with Crippen molar-refractivity contribution < 1.29 is 13.5 Å². The number of hydrogen-bond acceptors (Lipinski definition) is 5. The summed E-state index contributed by atoms with van der Waals surface area (Å²) in [7, 11) is 0. The molecular weight excluding hydrogens is 434 g/mol. The van der Waals surface area contributed by atoms with Gasteiger partial charge in [-0.2, -0.15) is 8.78 Å². The van der Waals surface area contributed by atoms with Crippen molar-refractivity contribution in [3.63, 3.8) is 0 Å². The van der Waals surface area contributed by atoms with E-state index in [1.807, 2.05) is 24.3 Å². The number of fused-ring (bicyclic) bond motifs is 6. The predicted octanol–water partition coefficient (Wildman–Crippen LogP) is 5.19. The maximum atomic E-state index is 14.9. The first-order valence-corrected chi connectivity index (χ1v) is 10.1. The summed E-state index contributed by atoms with van der Waals surface area (Å²) in [4.78, 5) is 12.3. The summed E-state index contributed by atoms with van der Waals surface area (Å²) in [5.41, 5.74) is 8.39.